The SMILES string of the molecule is CC=Nc1cccc(N=CC)c1. The number of aliphatic imine (C=N–C) groups is 2. The third kappa shape index (κ3) is 2.31. The second kappa shape index (κ2) is 4.44. The molecule has 0 atom stereocenters. The van der Waals surface area contributed by atoms with Gasteiger partial charge in [0.15, 0.2) is 0 Å². The lowest BCUT2D eigenvalue weighted by Crippen LogP contribution is -1.67. The molecule has 2 nitrogen and oxygen atoms in total. The Balaban J connectivity index is 2.95. The van der Waals surface area contributed by atoms with Crippen LogP contribution in [-0.4, -0.2) is 12.4 Å². The molecule has 0 unspecified atom stereocenters. The molecule has 0 heterocycles. The highest BCUT2D eigenvalue weighted by Crippen LogP contribution is 2.19. The molecule has 1 aromatic rings. The standard InChI is InChI=1S/C10H12N2/c1-3-11-9-6-5-7-10(8-9)12-4-2/h3-8H,1-2H3. The molecule has 1 aromatic carbocycles. The molecular formula is C10H12N2. The van der Waals surface area contributed by atoms with Crippen molar-refractivity contribution < 1.29 is 0 Å². The normalized spacial score (nSPS) is 11.5. The van der Waals surface area contributed by atoms with Crippen LogP contribution in [-0.2, 0) is 0 Å². The highest BCUT2D eigenvalue weighted by molar-refractivity contribution is 5.65. The topological polar surface area (TPSA) is 24.7 Å². The molecule has 62 valence electrons. The quantitative estimate of drug-likeness (QED) is 0.594. The maximum absolute atomic E-state index is 4.15. The fourth-order valence-electron chi connectivity index (χ4n) is 0.952. The van der Waals surface area contributed by atoms with Gasteiger partial charge in [0.1, 0.15) is 0 Å². The molecule has 12 heavy (non-hydrogen) atoms. The average Bonchev–Trinajstić information content (AvgIpc) is 2.06. The van der Waals surface area contributed by atoms with Gasteiger partial charge in [-0.15, -0.1) is 0 Å². The molecular weight excluding hydrogens is 148 g/mol. The minimum absolute atomic E-state index is 0.945. The number of hydrogen-bond acceptors (Lipinski definition) is 2. The molecule has 0 spiro atoms. The van der Waals surface area contributed by atoms with E-state index in [4.69, 9.17) is 0 Å². The molecule has 1 rings (SSSR count). The van der Waals surface area contributed by atoms with Crippen molar-refractivity contribution in [2.75, 3.05) is 0 Å². The maximum Gasteiger partial charge on any atom is 0.0647 e. The number of benzene rings is 1. The fraction of sp³-hybridized carbons (Fsp3) is 0.200. The predicted octanol–water partition coefficient (Wildman–Crippen LogP) is 3.13. The number of nitrogens with zero attached hydrogens (tertiary/aromatic N) is 2. The van der Waals surface area contributed by atoms with E-state index in [1.807, 2.05) is 38.1 Å². The van der Waals surface area contributed by atoms with Crippen LogP contribution in [0.3, 0.4) is 0 Å². The molecule has 0 amide bonds. The van der Waals surface area contributed by atoms with Crippen LogP contribution in [0.2, 0.25) is 0 Å². The van der Waals surface area contributed by atoms with Gasteiger partial charge in [-0.25, -0.2) is 0 Å². The zero-order valence-electron chi connectivity index (χ0n) is 7.36. The molecule has 0 aliphatic carbocycles. The van der Waals surface area contributed by atoms with Gasteiger partial charge in [-0.05, 0) is 32.0 Å². The van der Waals surface area contributed by atoms with Crippen molar-refractivity contribution in [2.24, 2.45) is 9.98 Å². The minimum atomic E-state index is 0.945. The summed E-state index contributed by atoms with van der Waals surface area (Å²) in [5.74, 6) is 0. The van der Waals surface area contributed by atoms with Crippen LogP contribution in [0.1, 0.15) is 13.8 Å². The summed E-state index contributed by atoms with van der Waals surface area (Å²) >= 11 is 0. The van der Waals surface area contributed by atoms with Gasteiger partial charge in [0.2, 0.25) is 0 Å². The van der Waals surface area contributed by atoms with Gasteiger partial charge in [-0.2, -0.15) is 0 Å². The van der Waals surface area contributed by atoms with Gasteiger partial charge in [-0.3, -0.25) is 9.98 Å². The van der Waals surface area contributed by atoms with Gasteiger partial charge < -0.3 is 0 Å². The summed E-state index contributed by atoms with van der Waals surface area (Å²) in [6.07, 6.45) is 3.55. The summed E-state index contributed by atoms with van der Waals surface area (Å²) < 4.78 is 0. The van der Waals surface area contributed by atoms with Crippen LogP contribution in [0.15, 0.2) is 34.3 Å². The predicted molar refractivity (Wildman–Crippen MR) is 54.1 cm³/mol. The lowest BCUT2D eigenvalue weighted by Gasteiger charge is -1.94. The molecule has 0 N–H and O–H groups in total. The van der Waals surface area contributed by atoms with Gasteiger partial charge in [0.05, 0.1) is 11.4 Å². The van der Waals surface area contributed by atoms with Crippen LogP contribution in [0.25, 0.3) is 0 Å². The summed E-state index contributed by atoms with van der Waals surface area (Å²) in [6, 6.07) is 7.80. The molecule has 0 bridgehead atoms. The Bertz CT molecular complexity index is 273. The van der Waals surface area contributed by atoms with Crippen molar-refractivity contribution in [1.29, 1.82) is 0 Å². The fourth-order valence-corrected chi connectivity index (χ4v) is 0.952. The second-order valence-corrected chi connectivity index (χ2v) is 2.29. The van der Waals surface area contributed by atoms with Crippen molar-refractivity contribution >= 4 is 23.8 Å². The number of hydrogen-bond donors (Lipinski definition) is 0. The van der Waals surface area contributed by atoms with Gasteiger partial charge in [0.25, 0.3) is 0 Å². The second-order valence-electron chi connectivity index (χ2n) is 2.29. The monoisotopic (exact) mass is 160 g/mol. The Labute approximate surface area is 72.7 Å². The molecule has 0 fully saturated rings. The average molecular weight is 160 g/mol. The van der Waals surface area contributed by atoms with E-state index in [-0.39, 0.29) is 0 Å². The van der Waals surface area contributed by atoms with Crippen molar-refractivity contribution in [3.8, 4) is 0 Å². The summed E-state index contributed by atoms with van der Waals surface area (Å²) in [5.41, 5.74) is 1.89. The van der Waals surface area contributed by atoms with Gasteiger partial charge >= 0.3 is 0 Å². The Morgan fingerprint density at radius 1 is 1.00 bits per heavy atom. The van der Waals surface area contributed by atoms with Crippen LogP contribution in [0, 0.1) is 0 Å². The first kappa shape index (κ1) is 8.65. The van der Waals surface area contributed by atoms with Crippen molar-refractivity contribution in [1.82, 2.24) is 0 Å². The maximum atomic E-state index is 4.15. The van der Waals surface area contributed by atoms with E-state index in [1.54, 1.807) is 12.4 Å². The molecule has 0 radical (unpaired) electrons. The lowest BCUT2D eigenvalue weighted by atomic mass is 10.3. The Kier molecular flexibility index (Phi) is 3.20. The molecule has 0 saturated heterocycles. The Hall–Kier alpha value is -1.44. The van der Waals surface area contributed by atoms with E-state index >= 15 is 0 Å². The van der Waals surface area contributed by atoms with E-state index < -0.39 is 0 Å². The van der Waals surface area contributed by atoms with Crippen LogP contribution < -0.4 is 0 Å². The Morgan fingerprint density at radius 3 is 1.92 bits per heavy atom. The third-order valence-corrected chi connectivity index (χ3v) is 1.39. The van der Waals surface area contributed by atoms with Crippen LogP contribution in [0.5, 0.6) is 0 Å². The zero-order valence-corrected chi connectivity index (χ0v) is 7.36. The van der Waals surface area contributed by atoms with Gasteiger partial charge in [-0.1, -0.05) is 6.07 Å². The van der Waals surface area contributed by atoms with E-state index in [0.29, 0.717) is 0 Å². The first-order chi connectivity index (χ1) is 5.86. The molecule has 0 aliphatic rings. The summed E-state index contributed by atoms with van der Waals surface area (Å²) in [4.78, 5) is 8.30. The largest absolute Gasteiger partial charge is 0.261 e. The Morgan fingerprint density at radius 2 is 1.50 bits per heavy atom. The summed E-state index contributed by atoms with van der Waals surface area (Å²) in [5, 5.41) is 0. The van der Waals surface area contributed by atoms with Crippen molar-refractivity contribution in [3.05, 3.63) is 24.3 Å². The number of rotatable bonds is 2. The van der Waals surface area contributed by atoms with Gasteiger partial charge in [0, 0.05) is 12.4 Å². The highest BCUT2D eigenvalue weighted by Gasteiger charge is 1.89. The van der Waals surface area contributed by atoms with Crippen molar-refractivity contribution in [2.45, 2.75) is 13.8 Å². The molecule has 0 aliphatic heterocycles. The zero-order chi connectivity index (χ0) is 8.81. The summed E-state index contributed by atoms with van der Waals surface area (Å²) in [7, 11) is 0. The first-order valence-corrected chi connectivity index (χ1v) is 3.94. The summed E-state index contributed by atoms with van der Waals surface area (Å²) in [6.45, 7) is 3.80. The molecule has 0 aromatic heterocycles. The van der Waals surface area contributed by atoms with E-state index in [2.05, 4.69) is 9.98 Å². The van der Waals surface area contributed by atoms with E-state index in [1.165, 1.54) is 0 Å². The highest BCUT2D eigenvalue weighted by atomic mass is 14.7. The van der Waals surface area contributed by atoms with Crippen molar-refractivity contribution in [3.63, 3.8) is 0 Å². The molecule has 2 heteroatoms. The first-order valence-electron chi connectivity index (χ1n) is 3.94. The van der Waals surface area contributed by atoms with E-state index in [9.17, 15) is 0 Å². The van der Waals surface area contributed by atoms with Crippen LogP contribution >= 0.6 is 0 Å². The van der Waals surface area contributed by atoms with E-state index in [0.717, 1.165) is 11.4 Å². The lowest BCUT2D eigenvalue weighted by molar-refractivity contribution is 1.47. The van der Waals surface area contributed by atoms with Crippen LogP contribution in [0.4, 0.5) is 11.4 Å². The minimum Gasteiger partial charge on any atom is -0.261 e. The molecule has 0 saturated carbocycles. The smallest absolute Gasteiger partial charge is 0.0647 e. The third-order valence-electron chi connectivity index (χ3n) is 1.39.